The zero-order valence-electron chi connectivity index (χ0n) is 9.95. The van der Waals surface area contributed by atoms with Gasteiger partial charge in [-0.1, -0.05) is 6.07 Å². The van der Waals surface area contributed by atoms with E-state index < -0.39 is 0 Å². The largest absolute Gasteiger partial charge is 0.494 e. The van der Waals surface area contributed by atoms with Gasteiger partial charge in [-0.2, -0.15) is 0 Å². The second-order valence-corrected chi connectivity index (χ2v) is 2.55. The molecule has 0 aromatic heterocycles. The maximum Gasteiger partial charge on any atom is 0.150 e. The molecule has 0 saturated carbocycles. The molecule has 1 aromatic rings. The molecule has 1 aromatic carbocycles. The molecule has 16 heavy (non-hydrogen) atoms. The molecular weight excluding hydrogens is 202 g/mol. The first-order valence-electron chi connectivity index (χ1n) is 4.56. The summed E-state index contributed by atoms with van der Waals surface area (Å²) in [6.45, 7) is 1.71. The molecule has 1 rings (SSSR count). The summed E-state index contributed by atoms with van der Waals surface area (Å²) in [6.07, 6.45) is 8.00. The second kappa shape index (κ2) is 9.56. The highest BCUT2D eigenvalue weighted by atomic mass is 16.5. The lowest BCUT2D eigenvalue weighted by atomic mass is 10.1. The summed E-state index contributed by atoms with van der Waals surface area (Å²) in [5, 5.41) is 7.44. The van der Waals surface area contributed by atoms with E-state index >= 15 is 0 Å². The number of benzene rings is 1. The van der Waals surface area contributed by atoms with Crippen LogP contribution in [0.1, 0.15) is 12.5 Å². The number of ether oxygens (including phenoxy) is 1. The van der Waals surface area contributed by atoms with Crippen molar-refractivity contribution < 1.29 is 4.74 Å². The van der Waals surface area contributed by atoms with Gasteiger partial charge in [-0.3, -0.25) is 0 Å². The fourth-order valence-corrected chi connectivity index (χ4v) is 1.08. The van der Waals surface area contributed by atoms with Crippen molar-refractivity contribution in [2.45, 2.75) is 6.92 Å². The predicted molar refractivity (Wildman–Crippen MR) is 69.9 cm³/mol. The summed E-state index contributed by atoms with van der Waals surface area (Å²) in [4.78, 5) is 0. The topological polar surface area (TPSA) is 85.1 Å². The number of nitrogens with one attached hydrogen (secondary N) is 1. The van der Waals surface area contributed by atoms with Crippen LogP contribution >= 0.6 is 0 Å². The summed E-state index contributed by atoms with van der Waals surface area (Å²) in [7, 11) is 3.05. The second-order valence-electron chi connectivity index (χ2n) is 2.55. The summed E-state index contributed by atoms with van der Waals surface area (Å²) in [5.41, 5.74) is 11.9. The van der Waals surface area contributed by atoms with Crippen molar-refractivity contribution in [3.8, 4) is 18.6 Å². The van der Waals surface area contributed by atoms with E-state index in [9.17, 15) is 0 Å². The van der Waals surface area contributed by atoms with Gasteiger partial charge in [0.25, 0.3) is 0 Å². The van der Waals surface area contributed by atoms with Crippen LogP contribution in [0.2, 0.25) is 0 Å². The number of hydrogen-bond donors (Lipinski definition) is 3. The molecule has 0 radical (unpaired) electrons. The standard InChI is InChI=1S/C9H12N2O.C2H2.CH5N/c1-6(10)7-4-3-5-8(11)9(7)12-2;2*1-2/h3-5,10H,11H2,1-2H3;1-2H;2H2,1H3. The van der Waals surface area contributed by atoms with Gasteiger partial charge in [0.1, 0.15) is 0 Å². The van der Waals surface area contributed by atoms with Gasteiger partial charge < -0.3 is 21.6 Å². The molecule has 0 heterocycles. The molecule has 0 bridgehead atoms. The SMILES string of the molecule is C#C.CN.COc1c(N)cccc1C(C)=N. The maximum absolute atomic E-state index is 7.44. The Kier molecular flexibility index (Phi) is 9.82. The number of para-hydroxylation sites is 1. The van der Waals surface area contributed by atoms with Crippen LogP contribution in [-0.4, -0.2) is 19.9 Å². The van der Waals surface area contributed by atoms with E-state index in [2.05, 4.69) is 18.6 Å². The van der Waals surface area contributed by atoms with E-state index in [0.29, 0.717) is 17.1 Å². The van der Waals surface area contributed by atoms with Crippen molar-refractivity contribution >= 4 is 11.4 Å². The highest BCUT2D eigenvalue weighted by Gasteiger charge is 2.06. The van der Waals surface area contributed by atoms with Crippen LogP contribution in [0.4, 0.5) is 5.69 Å². The smallest absolute Gasteiger partial charge is 0.150 e. The van der Waals surface area contributed by atoms with E-state index in [-0.39, 0.29) is 0 Å². The molecule has 0 saturated heterocycles. The van der Waals surface area contributed by atoms with Crippen LogP contribution in [0.15, 0.2) is 18.2 Å². The van der Waals surface area contributed by atoms with E-state index in [1.54, 1.807) is 20.1 Å². The van der Waals surface area contributed by atoms with Crippen LogP contribution < -0.4 is 16.2 Å². The van der Waals surface area contributed by atoms with Gasteiger partial charge >= 0.3 is 0 Å². The molecule has 0 unspecified atom stereocenters. The third kappa shape index (κ3) is 4.49. The summed E-state index contributed by atoms with van der Waals surface area (Å²) in [5.74, 6) is 0.588. The fraction of sp³-hybridized carbons (Fsp3) is 0.250. The molecule has 0 fully saturated rings. The van der Waals surface area contributed by atoms with Crippen molar-refractivity contribution in [3.05, 3.63) is 23.8 Å². The zero-order chi connectivity index (χ0) is 13.1. The van der Waals surface area contributed by atoms with Crippen molar-refractivity contribution in [2.75, 3.05) is 19.9 Å². The summed E-state index contributed by atoms with van der Waals surface area (Å²) >= 11 is 0. The Bertz CT molecular complexity index is 345. The highest BCUT2D eigenvalue weighted by molar-refractivity contribution is 6.00. The number of methoxy groups -OCH3 is 1. The first-order valence-corrected chi connectivity index (χ1v) is 4.56. The molecule has 0 spiro atoms. The lowest BCUT2D eigenvalue weighted by molar-refractivity contribution is 0.416. The van der Waals surface area contributed by atoms with Crippen molar-refractivity contribution in [3.63, 3.8) is 0 Å². The van der Waals surface area contributed by atoms with Crippen LogP contribution in [0, 0.1) is 18.3 Å². The maximum atomic E-state index is 7.44. The van der Waals surface area contributed by atoms with Crippen LogP contribution in [-0.2, 0) is 0 Å². The van der Waals surface area contributed by atoms with E-state index in [0.717, 1.165) is 5.56 Å². The van der Waals surface area contributed by atoms with Gasteiger partial charge in [0.2, 0.25) is 0 Å². The first-order chi connectivity index (χ1) is 7.66. The average Bonchev–Trinajstić information content (AvgIpc) is 2.33. The molecule has 0 atom stereocenters. The minimum absolute atomic E-state index is 0.458. The van der Waals surface area contributed by atoms with Crippen LogP contribution in [0.5, 0.6) is 5.75 Å². The quantitative estimate of drug-likeness (QED) is 0.402. The Morgan fingerprint density at radius 1 is 1.31 bits per heavy atom. The molecule has 0 aliphatic carbocycles. The van der Waals surface area contributed by atoms with Crippen LogP contribution in [0.3, 0.4) is 0 Å². The Labute approximate surface area is 97.1 Å². The average molecular weight is 221 g/mol. The molecular formula is C12H19N3O. The monoisotopic (exact) mass is 221 g/mol. The molecule has 5 N–H and O–H groups in total. The minimum atomic E-state index is 0.458. The highest BCUT2D eigenvalue weighted by Crippen LogP contribution is 2.25. The lowest BCUT2D eigenvalue weighted by Crippen LogP contribution is -2.00. The molecule has 0 amide bonds. The van der Waals surface area contributed by atoms with Gasteiger partial charge in [-0.25, -0.2) is 0 Å². The van der Waals surface area contributed by atoms with Gasteiger partial charge in [0.15, 0.2) is 5.75 Å². The first kappa shape index (κ1) is 16.4. The van der Waals surface area contributed by atoms with E-state index in [1.807, 2.05) is 12.1 Å². The predicted octanol–water partition coefficient (Wildman–Crippen LogP) is 1.49. The van der Waals surface area contributed by atoms with Gasteiger partial charge in [0, 0.05) is 11.3 Å². The number of nitrogen functional groups attached to an aromatic ring is 1. The van der Waals surface area contributed by atoms with Crippen LogP contribution in [0.25, 0.3) is 0 Å². The third-order valence-electron chi connectivity index (χ3n) is 1.65. The number of rotatable bonds is 2. The number of anilines is 1. The van der Waals surface area contributed by atoms with Gasteiger partial charge in [-0.15, -0.1) is 12.8 Å². The van der Waals surface area contributed by atoms with Crippen molar-refractivity contribution in [1.82, 2.24) is 0 Å². The minimum Gasteiger partial charge on any atom is -0.494 e. The molecule has 4 nitrogen and oxygen atoms in total. The Balaban J connectivity index is 0. The number of nitrogens with two attached hydrogens (primary N) is 2. The number of terminal acetylenes is 1. The molecule has 0 aliphatic rings. The van der Waals surface area contributed by atoms with Gasteiger partial charge in [-0.05, 0) is 26.1 Å². The van der Waals surface area contributed by atoms with E-state index in [4.69, 9.17) is 15.9 Å². The Hall–Kier alpha value is -1.99. The zero-order valence-corrected chi connectivity index (χ0v) is 9.95. The summed E-state index contributed by atoms with van der Waals surface area (Å²) in [6, 6.07) is 5.38. The van der Waals surface area contributed by atoms with Crippen molar-refractivity contribution in [2.24, 2.45) is 5.73 Å². The fourth-order valence-electron chi connectivity index (χ4n) is 1.08. The lowest BCUT2D eigenvalue weighted by Gasteiger charge is -2.08. The van der Waals surface area contributed by atoms with E-state index in [1.165, 1.54) is 7.05 Å². The Morgan fingerprint density at radius 3 is 2.12 bits per heavy atom. The molecule has 4 heteroatoms. The third-order valence-corrected chi connectivity index (χ3v) is 1.65. The number of hydrogen-bond acceptors (Lipinski definition) is 4. The van der Waals surface area contributed by atoms with Gasteiger partial charge in [0.05, 0.1) is 12.8 Å². The summed E-state index contributed by atoms with van der Waals surface area (Å²) < 4.78 is 5.07. The Morgan fingerprint density at radius 2 is 1.81 bits per heavy atom. The normalized spacial score (nSPS) is 7.62. The molecule has 88 valence electrons. The molecule has 0 aliphatic heterocycles. The van der Waals surface area contributed by atoms with Crippen molar-refractivity contribution in [1.29, 1.82) is 5.41 Å².